The molecule has 1 nitrogen and oxygen atoms in total. The minimum Gasteiger partial charge on any atom is -0.324 e. The van der Waals surface area contributed by atoms with Crippen LogP contribution in [0.3, 0.4) is 0 Å². The zero-order valence-corrected chi connectivity index (χ0v) is 12.0. The van der Waals surface area contributed by atoms with Gasteiger partial charge in [0.2, 0.25) is 0 Å². The summed E-state index contributed by atoms with van der Waals surface area (Å²) in [6.07, 6.45) is 6.40. The van der Waals surface area contributed by atoms with Crippen LogP contribution in [-0.2, 0) is 0 Å². The lowest BCUT2D eigenvalue weighted by molar-refractivity contribution is 0.308. The van der Waals surface area contributed by atoms with E-state index in [0.717, 1.165) is 5.56 Å². The molecule has 1 aliphatic rings. The van der Waals surface area contributed by atoms with Crippen molar-refractivity contribution in [2.75, 3.05) is 0 Å². The molecule has 2 N–H and O–H groups in total. The highest BCUT2D eigenvalue weighted by Crippen LogP contribution is 2.34. The quantitative estimate of drug-likeness (QED) is 0.816. The maximum absolute atomic E-state index is 6.29. The Morgan fingerprint density at radius 2 is 1.53 bits per heavy atom. The summed E-state index contributed by atoms with van der Waals surface area (Å²) in [6.45, 7) is 0. The van der Waals surface area contributed by atoms with Crippen molar-refractivity contribution in [3.63, 3.8) is 0 Å². The fourth-order valence-corrected chi connectivity index (χ4v) is 3.08. The number of halogens is 3. The summed E-state index contributed by atoms with van der Waals surface area (Å²) in [7, 11) is 0. The second-order valence-corrected chi connectivity index (χ2v) is 5.50. The maximum Gasteiger partial charge on any atom is 0.0424 e. The van der Waals surface area contributed by atoms with E-state index in [-0.39, 0.29) is 18.4 Å². The smallest absolute Gasteiger partial charge is 0.0424 e. The molecule has 1 fully saturated rings. The van der Waals surface area contributed by atoms with Gasteiger partial charge in [-0.05, 0) is 42.5 Å². The third kappa shape index (κ3) is 4.03. The van der Waals surface area contributed by atoms with Gasteiger partial charge in [-0.25, -0.2) is 0 Å². The summed E-state index contributed by atoms with van der Waals surface area (Å²) < 4.78 is 0. The topological polar surface area (TPSA) is 26.0 Å². The van der Waals surface area contributed by atoms with Crippen LogP contribution in [0.15, 0.2) is 18.2 Å². The van der Waals surface area contributed by atoms with E-state index in [1.165, 1.54) is 32.1 Å². The van der Waals surface area contributed by atoms with E-state index in [9.17, 15) is 0 Å². The zero-order chi connectivity index (χ0) is 11.5. The van der Waals surface area contributed by atoms with E-state index in [0.29, 0.717) is 16.0 Å². The fourth-order valence-electron chi connectivity index (χ4n) is 2.53. The van der Waals surface area contributed by atoms with E-state index in [1.54, 1.807) is 6.07 Å². The van der Waals surface area contributed by atoms with Crippen molar-refractivity contribution in [1.29, 1.82) is 0 Å². The van der Waals surface area contributed by atoms with Crippen LogP contribution < -0.4 is 5.73 Å². The Labute approximate surface area is 119 Å². The van der Waals surface area contributed by atoms with E-state index in [1.807, 2.05) is 12.1 Å². The highest BCUT2D eigenvalue weighted by molar-refractivity contribution is 6.34. The lowest BCUT2D eigenvalue weighted by Crippen LogP contribution is -2.23. The van der Waals surface area contributed by atoms with Crippen molar-refractivity contribution in [3.05, 3.63) is 33.8 Å². The average molecular weight is 295 g/mol. The molecule has 2 rings (SSSR count). The molecule has 17 heavy (non-hydrogen) atoms. The van der Waals surface area contributed by atoms with Crippen LogP contribution in [0, 0.1) is 5.92 Å². The highest BCUT2D eigenvalue weighted by atomic mass is 35.5. The number of rotatable bonds is 2. The van der Waals surface area contributed by atoms with Gasteiger partial charge in [-0.2, -0.15) is 0 Å². The summed E-state index contributed by atoms with van der Waals surface area (Å²) in [5, 5.41) is 1.35. The molecule has 1 saturated carbocycles. The van der Waals surface area contributed by atoms with Crippen LogP contribution in [0.2, 0.25) is 10.0 Å². The van der Waals surface area contributed by atoms with Crippen LogP contribution in [-0.4, -0.2) is 0 Å². The summed E-state index contributed by atoms with van der Waals surface area (Å²) in [5.74, 6) is 0.586. The molecule has 1 aromatic rings. The maximum atomic E-state index is 6.29. The van der Waals surface area contributed by atoms with Gasteiger partial charge in [-0.1, -0.05) is 42.5 Å². The first-order valence-corrected chi connectivity index (χ1v) is 6.64. The molecular formula is C13H18Cl3N. The van der Waals surface area contributed by atoms with Crippen LogP contribution in [0.25, 0.3) is 0 Å². The molecule has 1 atom stereocenters. The predicted molar refractivity (Wildman–Crippen MR) is 77.2 cm³/mol. The monoisotopic (exact) mass is 293 g/mol. The summed E-state index contributed by atoms with van der Waals surface area (Å²) in [4.78, 5) is 0. The highest BCUT2D eigenvalue weighted by Gasteiger charge is 2.22. The van der Waals surface area contributed by atoms with Crippen LogP contribution in [0.1, 0.15) is 43.7 Å². The molecule has 1 aromatic carbocycles. The van der Waals surface area contributed by atoms with Gasteiger partial charge in [0.25, 0.3) is 0 Å². The SMILES string of the molecule is Cl.NC(c1cc(Cl)cc(Cl)c1)C1CCCCC1. The molecule has 1 unspecified atom stereocenters. The molecule has 0 spiro atoms. The van der Waals surface area contributed by atoms with Gasteiger partial charge in [0.15, 0.2) is 0 Å². The second kappa shape index (κ2) is 6.84. The molecule has 0 saturated heterocycles. The van der Waals surface area contributed by atoms with Gasteiger partial charge < -0.3 is 5.73 Å². The minimum absolute atomic E-state index is 0. The summed E-state index contributed by atoms with van der Waals surface area (Å²) in [5.41, 5.74) is 7.36. The van der Waals surface area contributed by atoms with Crippen molar-refractivity contribution in [1.82, 2.24) is 0 Å². The van der Waals surface area contributed by atoms with E-state index in [4.69, 9.17) is 28.9 Å². The largest absolute Gasteiger partial charge is 0.324 e. The summed E-state index contributed by atoms with van der Waals surface area (Å²) >= 11 is 12.0. The Hall–Kier alpha value is 0.0500. The molecule has 0 bridgehead atoms. The van der Waals surface area contributed by atoms with E-state index in [2.05, 4.69) is 0 Å². The molecule has 0 radical (unpaired) electrons. The fraction of sp³-hybridized carbons (Fsp3) is 0.538. The lowest BCUT2D eigenvalue weighted by Gasteiger charge is -2.28. The first-order chi connectivity index (χ1) is 7.66. The molecule has 0 aromatic heterocycles. The first-order valence-electron chi connectivity index (χ1n) is 5.88. The van der Waals surface area contributed by atoms with Gasteiger partial charge in [-0.15, -0.1) is 12.4 Å². The molecule has 0 amide bonds. The van der Waals surface area contributed by atoms with Crippen molar-refractivity contribution < 1.29 is 0 Å². The van der Waals surface area contributed by atoms with Crippen molar-refractivity contribution in [2.24, 2.45) is 11.7 Å². The van der Waals surface area contributed by atoms with Gasteiger partial charge in [0.05, 0.1) is 0 Å². The van der Waals surface area contributed by atoms with Gasteiger partial charge in [-0.3, -0.25) is 0 Å². The van der Waals surface area contributed by atoms with Gasteiger partial charge in [0, 0.05) is 16.1 Å². The Balaban J connectivity index is 0.00000144. The molecule has 96 valence electrons. The number of hydrogen-bond donors (Lipinski definition) is 1. The zero-order valence-electron chi connectivity index (χ0n) is 9.66. The number of benzene rings is 1. The second-order valence-electron chi connectivity index (χ2n) is 4.63. The van der Waals surface area contributed by atoms with Crippen LogP contribution in [0.4, 0.5) is 0 Å². The lowest BCUT2D eigenvalue weighted by atomic mass is 9.81. The minimum atomic E-state index is 0. The first kappa shape index (κ1) is 15.1. The standard InChI is InChI=1S/C13H17Cl2N.ClH/c14-11-6-10(7-12(15)8-11)13(16)9-4-2-1-3-5-9;/h6-9,13H,1-5,16H2;1H. The van der Waals surface area contributed by atoms with Crippen LogP contribution in [0.5, 0.6) is 0 Å². The molecule has 0 aliphatic heterocycles. The normalized spacial score (nSPS) is 18.5. The molecule has 4 heteroatoms. The Morgan fingerprint density at radius 1 is 1.00 bits per heavy atom. The van der Waals surface area contributed by atoms with E-state index >= 15 is 0 Å². The number of hydrogen-bond acceptors (Lipinski definition) is 1. The average Bonchev–Trinajstić information content (AvgIpc) is 2.28. The van der Waals surface area contributed by atoms with Crippen LogP contribution >= 0.6 is 35.6 Å². The number of nitrogens with two attached hydrogens (primary N) is 1. The molecular weight excluding hydrogens is 277 g/mol. The Morgan fingerprint density at radius 3 is 2.06 bits per heavy atom. The van der Waals surface area contributed by atoms with E-state index < -0.39 is 0 Å². The predicted octanol–water partition coefficient (Wildman–Crippen LogP) is 5.00. The third-order valence-corrected chi connectivity index (χ3v) is 3.86. The Bertz CT molecular complexity index is 341. The van der Waals surface area contributed by atoms with Crippen molar-refractivity contribution >= 4 is 35.6 Å². The molecule has 1 aliphatic carbocycles. The Kier molecular flexibility index (Phi) is 6.08. The molecule has 0 heterocycles. The summed E-state index contributed by atoms with van der Waals surface area (Å²) in [6, 6.07) is 5.70. The van der Waals surface area contributed by atoms with Gasteiger partial charge in [0.1, 0.15) is 0 Å². The van der Waals surface area contributed by atoms with Crippen molar-refractivity contribution in [2.45, 2.75) is 38.1 Å². The van der Waals surface area contributed by atoms with Crippen molar-refractivity contribution in [3.8, 4) is 0 Å². The van der Waals surface area contributed by atoms with Gasteiger partial charge >= 0.3 is 0 Å². The third-order valence-electron chi connectivity index (χ3n) is 3.43.